The molecule has 0 saturated carbocycles. The summed E-state index contributed by atoms with van der Waals surface area (Å²) in [7, 11) is -9.55. The van der Waals surface area contributed by atoms with Gasteiger partial charge in [-0.2, -0.15) is 16.8 Å². The van der Waals surface area contributed by atoms with Crippen molar-refractivity contribution in [3.05, 3.63) is 5.53 Å². The molecule has 0 N–H and O–H groups in total. The van der Waals surface area contributed by atoms with Crippen LogP contribution < -0.4 is 0 Å². The van der Waals surface area contributed by atoms with Crippen LogP contribution in [0.5, 0.6) is 0 Å². The third-order valence-corrected chi connectivity index (χ3v) is 2.43. The number of hydrogen-bond acceptors (Lipinski definition) is 7. The predicted molar refractivity (Wildman–Crippen MR) is 24.7 cm³/mol. The lowest BCUT2D eigenvalue weighted by atomic mass is 12.9. The van der Waals surface area contributed by atoms with Crippen molar-refractivity contribution in [3.8, 4) is 0 Å². The molecule has 11 heavy (non-hydrogen) atoms. The van der Waals surface area contributed by atoms with Crippen LogP contribution in [0, 0.1) is 0 Å². The van der Waals surface area contributed by atoms with Gasteiger partial charge in [-0.15, -0.1) is 0 Å². The molecular weight excluding hydrogens is 204 g/mol. The molecule has 1 heterocycles. The molecule has 0 bridgehead atoms. The van der Waals surface area contributed by atoms with Crippen LogP contribution in [0.1, 0.15) is 0 Å². The Labute approximate surface area is 61.2 Å². The van der Waals surface area contributed by atoms with Gasteiger partial charge in [-0.25, -0.2) is 0 Å². The average Bonchev–Trinajstić information content (AvgIpc) is 1.49. The summed E-state index contributed by atoms with van der Waals surface area (Å²) in [6.45, 7) is 0. The van der Waals surface area contributed by atoms with Crippen LogP contribution in [-0.2, 0) is 33.0 Å². The lowest BCUT2D eigenvalue weighted by Crippen LogP contribution is -2.30. The zero-order valence-corrected chi connectivity index (χ0v) is 6.20. The summed E-state index contributed by atoms with van der Waals surface area (Å²) < 4.78 is 50.6. The summed E-state index contributed by atoms with van der Waals surface area (Å²) in [5.41, 5.74) is 8.13. The maximum Gasteiger partial charge on any atom is 0.525 e. The normalized spacial score (nSPS) is 26.7. The van der Waals surface area contributed by atoms with Crippen molar-refractivity contribution < 1.29 is 34.1 Å². The van der Waals surface area contributed by atoms with E-state index in [-0.39, 0.29) is 0 Å². The first-order valence-corrected chi connectivity index (χ1v) is 4.57. The van der Waals surface area contributed by atoms with E-state index in [2.05, 4.69) is 12.2 Å². The maximum absolute atomic E-state index is 10.2. The molecule has 1 aliphatic rings. The van der Waals surface area contributed by atoms with Crippen LogP contribution >= 0.6 is 0 Å². The Bertz CT molecular complexity index is 335. The second-order valence-electron chi connectivity index (χ2n) is 1.27. The lowest BCUT2D eigenvalue weighted by molar-refractivity contribution is -0.928. The molecule has 0 atom stereocenters. The third-order valence-electron chi connectivity index (χ3n) is 0.477. The fourth-order valence-electron chi connectivity index (χ4n) is 0.296. The molecule has 1 fully saturated rings. The van der Waals surface area contributed by atoms with E-state index in [1.54, 1.807) is 0 Å². The third kappa shape index (κ3) is 1.99. The largest absolute Gasteiger partial charge is 0.525 e. The molecule has 0 aliphatic carbocycles. The van der Waals surface area contributed by atoms with E-state index in [4.69, 9.17) is 5.53 Å². The molecule has 64 valence electrons. The summed E-state index contributed by atoms with van der Waals surface area (Å²) in [4.78, 5) is 0. The maximum atomic E-state index is 10.2. The molecule has 0 unspecified atom stereocenters. The Morgan fingerprint density at radius 2 is 1.36 bits per heavy atom. The van der Waals surface area contributed by atoms with E-state index in [0.29, 0.717) is 0 Å². The lowest BCUT2D eigenvalue weighted by Gasteiger charge is -2.06. The Morgan fingerprint density at radius 1 is 1.00 bits per heavy atom. The van der Waals surface area contributed by atoms with Crippen LogP contribution in [0.25, 0.3) is 5.53 Å². The van der Waals surface area contributed by atoms with Crippen molar-refractivity contribution in [2.45, 2.75) is 0 Å². The zero-order valence-electron chi connectivity index (χ0n) is 4.57. The number of hydrogen-bond donors (Lipinski definition) is 0. The average molecular weight is 204 g/mol. The molecule has 1 aliphatic heterocycles. The van der Waals surface area contributed by atoms with Crippen LogP contribution in [0.15, 0.2) is 0 Å². The quantitative estimate of drug-likeness (QED) is 0.465. The minimum atomic E-state index is -4.78. The van der Waals surface area contributed by atoms with Gasteiger partial charge in [0.15, 0.2) is 5.02 Å². The predicted octanol–water partition coefficient (Wildman–Crippen LogP) is -1.60. The van der Waals surface area contributed by atoms with Gasteiger partial charge >= 0.3 is 20.8 Å². The molecule has 0 aromatic rings. The van der Waals surface area contributed by atoms with Crippen LogP contribution in [-0.4, -0.2) is 21.9 Å². The molecule has 0 aromatic heterocycles. The van der Waals surface area contributed by atoms with Crippen LogP contribution in [0.4, 0.5) is 0 Å². The van der Waals surface area contributed by atoms with E-state index >= 15 is 0 Å². The van der Waals surface area contributed by atoms with Crippen molar-refractivity contribution in [1.29, 1.82) is 0 Å². The van der Waals surface area contributed by atoms with Crippen LogP contribution in [0.3, 0.4) is 0 Å². The molecule has 1 rings (SSSR count). The second-order valence-corrected chi connectivity index (χ2v) is 3.75. The van der Waals surface area contributed by atoms with E-state index in [0.717, 1.165) is 0 Å². The van der Waals surface area contributed by atoms with Gasteiger partial charge in [-0.3, -0.25) is 0 Å². The van der Waals surface area contributed by atoms with Crippen molar-refractivity contribution in [2.24, 2.45) is 0 Å². The highest BCUT2D eigenvalue weighted by atomic mass is 32.3. The molecule has 11 heteroatoms. The highest BCUT2D eigenvalue weighted by Gasteiger charge is 2.40. The summed E-state index contributed by atoms with van der Waals surface area (Å²) in [5.74, 6) is 0. The van der Waals surface area contributed by atoms with Gasteiger partial charge in [0.1, 0.15) is 0 Å². The van der Waals surface area contributed by atoms with Crippen molar-refractivity contribution in [1.82, 2.24) is 0 Å². The van der Waals surface area contributed by atoms with E-state index < -0.39 is 25.8 Å². The second kappa shape index (κ2) is 2.02. The summed E-state index contributed by atoms with van der Waals surface area (Å²) >= 11 is 0. The first-order chi connectivity index (χ1) is 4.81. The van der Waals surface area contributed by atoms with Crippen LogP contribution in [0.2, 0.25) is 0 Å². The fourth-order valence-corrected chi connectivity index (χ4v) is 1.72. The highest BCUT2D eigenvalue weighted by molar-refractivity contribution is 7.95. The van der Waals surface area contributed by atoms with Crippen molar-refractivity contribution >= 4 is 20.8 Å². The highest BCUT2D eigenvalue weighted by Crippen LogP contribution is 2.12. The minimum Gasteiger partial charge on any atom is -0.389 e. The van der Waals surface area contributed by atoms with E-state index in [9.17, 15) is 16.8 Å². The smallest absolute Gasteiger partial charge is 0.389 e. The van der Waals surface area contributed by atoms with Crippen molar-refractivity contribution in [2.75, 3.05) is 0 Å². The summed E-state index contributed by atoms with van der Waals surface area (Å²) in [6.07, 6.45) is 0. The fraction of sp³-hybridized carbons (Fsp3) is 0. The molecule has 1 saturated heterocycles. The van der Waals surface area contributed by atoms with Gasteiger partial charge in [-0.1, -0.05) is 12.2 Å². The van der Waals surface area contributed by atoms with E-state index in [1.807, 2.05) is 0 Å². The van der Waals surface area contributed by atoms with Gasteiger partial charge in [0, 0.05) is 0 Å². The Kier molecular flexibility index (Phi) is 1.50. The topological polar surface area (TPSA) is 121 Å². The van der Waals surface area contributed by atoms with Gasteiger partial charge in [0.05, 0.1) is 0 Å². The van der Waals surface area contributed by atoms with Crippen molar-refractivity contribution in [3.63, 3.8) is 0 Å². The Hall–Kier alpha value is -0.940. The minimum absolute atomic E-state index is 0.853. The standard InChI is InChI=1S/N2O7S2/c1-2-7-10(3,4)9-11(5,6)8-2. The number of nitrogens with zero attached hydrogens (tertiary/aromatic N) is 2. The van der Waals surface area contributed by atoms with Gasteiger partial charge in [-0.05, 0) is 0 Å². The molecule has 0 radical (unpaired) electrons. The molecule has 9 nitrogen and oxygen atoms in total. The first kappa shape index (κ1) is 8.16. The van der Waals surface area contributed by atoms with Gasteiger partial charge < -0.3 is 5.53 Å². The first-order valence-electron chi connectivity index (χ1n) is 1.90. The van der Waals surface area contributed by atoms with Gasteiger partial charge in [0.2, 0.25) is 0 Å². The molecule has 0 spiro atoms. The summed E-state index contributed by atoms with van der Waals surface area (Å²) in [5, 5.41) is -0.853. The SMILES string of the molecule is [N-]=[N+]1OS(=O)(=O)OS(=O)(=O)O1. The van der Waals surface area contributed by atoms with Gasteiger partial charge in [0.25, 0.3) is 0 Å². The Balaban J connectivity index is 3.12. The summed E-state index contributed by atoms with van der Waals surface area (Å²) in [6, 6.07) is 0. The molecular formula is N2O7S2. The zero-order chi connectivity index (χ0) is 8.70. The Morgan fingerprint density at radius 3 is 1.64 bits per heavy atom. The van der Waals surface area contributed by atoms with E-state index in [1.165, 1.54) is 0 Å². The monoisotopic (exact) mass is 204 g/mol. The molecule has 0 amide bonds. The number of rotatable bonds is 0. The molecule has 0 aromatic carbocycles.